The van der Waals surface area contributed by atoms with Crippen molar-refractivity contribution in [2.75, 3.05) is 26.8 Å². The molecular formula is C10H22N2O. The molecule has 3 heteroatoms. The van der Waals surface area contributed by atoms with Gasteiger partial charge in [-0.1, -0.05) is 13.8 Å². The number of methoxy groups -OCH3 is 1. The molecule has 2 rings (SSSR count). The normalized spacial score (nSPS) is 26.8. The second-order valence-electron chi connectivity index (χ2n) is 4.25. The van der Waals surface area contributed by atoms with Gasteiger partial charge in [-0.3, -0.25) is 0 Å². The van der Waals surface area contributed by atoms with Crippen LogP contribution in [0.4, 0.5) is 0 Å². The molecule has 0 amide bonds. The molecule has 78 valence electrons. The molecule has 1 spiro atoms. The molecule has 1 saturated carbocycles. The van der Waals surface area contributed by atoms with Crippen LogP contribution in [-0.4, -0.2) is 32.3 Å². The fourth-order valence-corrected chi connectivity index (χ4v) is 2.56. The third-order valence-electron chi connectivity index (χ3n) is 2.89. The summed E-state index contributed by atoms with van der Waals surface area (Å²) < 4.78 is 5.07. The minimum atomic E-state index is -0.00313. The summed E-state index contributed by atoms with van der Waals surface area (Å²) >= 11 is 0. The third-order valence-corrected chi connectivity index (χ3v) is 2.89. The Hall–Kier alpha value is -0.120. The van der Waals surface area contributed by atoms with Gasteiger partial charge >= 0.3 is 0 Å². The number of nitrogens with two attached hydrogens (primary N) is 1. The first-order valence-corrected chi connectivity index (χ1v) is 5.17. The first-order chi connectivity index (χ1) is 6.18. The van der Waals surface area contributed by atoms with Crippen molar-refractivity contribution < 1.29 is 4.74 Å². The molecule has 3 N–H and O–H groups in total. The van der Waals surface area contributed by atoms with E-state index in [1.54, 1.807) is 7.11 Å². The Morgan fingerprint density at radius 3 is 2.15 bits per heavy atom. The lowest BCUT2D eigenvalue weighted by Crippen LogP contribution is -2.71. The van der Waals surface area contributed by atoms with Gasteiger partial charge in [0.05, 0.1) is 6.61 Å². The molecule has 0 radical (unpaired) electrons. The molecule has 2 aliphatic rings. The quantitative estimate of drug-likeness (QED) is 0.668. The van der Waals surface area contributed by atoms with Crippen molar-refractivity contribution >= 4 is 0 Å². The maximum atomic E-state index is 6.05. The van der Waals surface area contributed by atoms with E-state index in [4.69, 9.17) is 10.5 Å². The third kappa shape index (κ3) is 2.03. The highest BCUT2D eigenvalue weighted by Crippen LogP contribution is 2.49. The fraction of sp³-hybridized carbons (Fsp3) is 1.00. The average Bonchev–Trinajstić information content (AvgIpc) is 2.01. The Kier molecular flexibility index (Phi) is 3.33. The summed E-state index contributed by atoms with van der Waals surface area (Å²) in [6.45, 7) is 7.04. The van der Waals surface area contributed by atoms with Crippen LogP contribution in [0.3, 0.4) is 0 Å². The van der Waals surface area contributed by atoms with Crippen molar-refractivity contribution in [3.05, 3.63) is 0 Å². The smallest absolute Gasteiger partial charge is 0.0642 e. The van der Waals surface area contributed by atoms with Crippen LogP contribution in [0.25, 0.3) is 0 Å². The maximum absolute atomic E-state index is 6.05. The molecule has 0 aromatic heterocycles. The lowest BCUT2D eigenvalue weighted by molar-refractivity contribution is -0.0546. The highest BCUT2D eigenvalue weighted by Gasteiger charge is 2.55. The van der Waals surface area contributed by atoms with Crippen LogP contribution in [0, 0.1) is 5.41 Å². The predicted octanol–water partition coefficient (Wildman–Crippen LogP) is 0.740. The van der Waals surface area contributed by atoms with Gasteiger partial charge in [-0.2, -0.15) is 0 Å². The van der Waals surface area contributed by atoms with Gasteiger partial charge in [-0.15, -0.1) is 0 Å². The minimum Gasteiger partial charge on any atom is -0.383 e. The van der Waals surface area contributed by atoms with E-state index < -0.39 is 0 Å². The van der Waals surface area contributed by atoms with E-state index in [0.717, 1.165) is 32.5 Å². The second kappa shape index (κ2) is 3.95. The SMILES string of the molecule is CC.COCC1(N)CC2(CNC2)C1. The van der Waals surface area contributed by atoms with Crippen molar-refractivity contribution in [3.8, 4) is 0 Å². The molecule has 0 atom stereocenters. The molecule has 1 aliphatic heterocycles. The first-order valence-electron chi connectivity index (χ1n) is 5.17. The van der Waals surface area contributed by atoms with Gasteiger partial charge < -0.3 is 15.8 Å². The second-order valence-corrected chi connectivity index (χ2v) is 4.25. The zero-order valence-electron chi connectivity index (χ0n) is 9.02. The molecule has 0 aromatic carbocycles. The molecule has 1 aliphatic carbocycles. The number of rotatable bonds is 2. The Morgan fingerprint density at radius 1 is 1.31 bits per heavy atom. The monoisotopic (exact) mass is 186 g/mol. The summed E-state index contributed by atoms with van der Waals surface area (Å²) in [6, 6.07) is 0. The summed E-state index contributed by atoms with van der Waals surface area (Å²) in [5.74, 6) is 0. The summed E-state index contributed by atoms with van der Waals surface area (Å²) in [5.41, 5.74) is 6.61. The summed E-state index contributed by atoms with van der Waals surface area (Å²) in [7, 11) is 1.72. The highest BCUT2D eigenvalue weighted by atomic mass is 16.5. The average molecular weight is 186 g/mol. The van der Waals surface area contributed by atoms with E-state index >= 15 is 0 Å². The summed E-state index contributed by atoms with van der Waals surface area (Å²) in [4.78, 5) is 0. The van der Waals surface area contributed by atoms with Crippen molar-refractivity contribution in [2.45, 2.75) is 32.2 Å². The van der Waals surface area contributed by atoms with E-state index in [2.05, 4.69) is 5.32 Å². The van der Waals surface area contributed by atoms with Gasteiger partial charge in [-0.05, 0) is 18.3 Å². The van der Waals surface area contributed by atoms with Gasteiger partial charge in [0.2, 0.25) is 0 Å². The molecular weight excluding hydrogens is 164 g/mol. The largest absolute Gasteiger partial charge is 0.383 e. The fourth-order valence-electron chi connectivity index (χ4n) is 2.56. The van der Waals surface area contributed by atoms with Crippen molar-refractivity contribution in [1.82, 2.24) is 5.32 Å². The van der Waals surface area contributed by atoms with Gasteiger partial charge in [0.15, 0.2) is 0 Å². The Labute approximate surface area is 81.0 Å². The van der Waals surface area contributed by atoms with E-state index in [9.17, 15) is 0 Å². The lowest BCUT2D eigenvalue weighted by atomic mass is 9.55. The zero-order chi connectivity index (χ0) is 9.95. The van der Waals surface area contributed by atoms with Crippen molar-refractivity contribution in [1.29, 1.82) is 0 Å². The van der Waals surface area contributed by atoms with E-state index in [0.29, 0.717) is 5.41 Å². The van der Waals surface area contributed by atoms with Crippen LogP contribution in [0.1, 0.15) is 26.7 Å². The predicted molar refractivity (Wildman–Crippen MR) is 54.7 cm³/mol. The topological polar surface area (TPSA) is 47.3 Å². The summed E-state index contributed by atoms with van der Waals surface area (Å²) in [5, 5.41) is 3.29. The van der Waals surface area contributed by atoms with Crippen LogP contribution in [0.5, 0.6) is 0 Å². The van der Waals surface area contributed by atoms with Crippen LogP contribution in [0.2, 0.25) is 0 Å². The maximum Gasteiger partial charge on any atom is 0.0642 e. The molecule has 0 aromatic rings. The van der Waals surface area contributed by atoms with Gasteiger partial charge in [-0.25, -0.2) is 0 Å². The Balaban J connectivity index is 0.000000396. The van der Waals surface area contributed by atoms with Crippen molar-refractivity contribution in [3.63, 3.8) is 0 Å². The molecule has 0 bridgehead atoms. The van der Waals surface area contributed by atoms with Crippen LogP contribution >= 0.6 is 0 Å². The molecule has 1 saturated heterocycles. The van der Waals surface area contributed by atoms with Gasteiger partial charge in [0.1, 0.15) is 0 Å². The van der Waals surface area contributed by atoms with E-state index in [1.165, 1.54) is 0 Å². The molecule has 13 heavy (non-hydrogen) atoms. The van der Waals surface area contributed by atoms with Crippen LogP contribution in [-0.2, 0) is 4.74 Å². The zero-order valence-corrected chi connectivity index (χ0v) is 9.02. The Bertz CT molecular complexity index is 158. The molecule has 0 unspecified atom stereocenters. The lowest BCUT2D eigenvalue weighted by Gasteiger charge is -2.59. The molecule has 3 nitrogen and oxygen atoms in total. The van der Waals surface area contributed by atoms with E-state index in [-0.39, 0.29) is 5.54 Å². The Morgan fingerprint density at radius 2 is 1.85 bits per heavy atom. The van der Waals surface area contributed by atoms with Crippen molar-refractivity contribution in [2.24, 2.45) is 11.1 Å². The van der Waals surface area contributed by atoms with E-state index in [1.807, 2.05) is 13.8 Å². The van der Waals surface area contributed by atoms with Gasteiger partial charge in [0, 0.05) is 25.7 Å². The van der Waals surface area contributed by atoms with Crippen LogP contribution < -0.4 is 11.1 Å². The summed E-state index contributed by atoms with van der Waals surface area (Å²) in [6.07, 6.45) is 2.28. The minimum absolute atomic E-state index is 0.00313. The molecule has 2 fully saturated rings. The first kappa shape index (κ1) is 11.0. The highest BCUT2D eigenvalue weighted by molar-refractivity contribution is 5.12. The van der Waals surface area contributed by atoms with Gasteiger partial charge in [0.25, 0.3) is 0 Å². The van der Waals surface area contributed by atoms with Crippen LogP contribution in [0.15, 0.2) is 0 Å². The standard InChI is InChI=1S/C8H16N2O.C2H6/c1-11-6-8(9)2-7(3-8)4-10-5-7;1-2/h10H,2-6,9H2,1H3;1-2H3. The number of nitrogens with one attached hydrogen (secondary N) is 1. The molecule has 1 heterocycles. The number of hydrogen-bond acceptors (Lipinski definition) is 3. The number of ether oxygens (including phenoxy) is 1. The number of hydrogen-bond donors (Lipinski definition) is 2.